The molecule has 2 aromatic rings. The molecule has 22 heavy (non-hydrogen) atoms. The molecule has 5 heteroatoms. The number of anilines is 1. The summed E-state index contributed by atoms with van der Waals surface area (Å²) in [5.74, 6) is 0.915. The second kappa shape index (κ2) is 7.18. The molecule has 1 N–H and O–H groups in total. The molecule has 0 heterocycles. The van der Waals surface area contributed by atoms with E-state index in [9.17, 15) is 4.79 Å². The Balaban J connectivity index is 2.22. The van der Waals surface area contributed by atoms with E-state index in [0.29, 0.717) is 34.4 Å². The first-order valence-electron chi connectivity index (χ1n) is 6.93. The van der Waals surface area contributed by atoms with Gasteiger partial charge in [-0.3, -0.25) is 4.79 Å². The maximum absolute atomic E-state index is 12.3. The molecule has 0 spiro atoms. The summed E-state index contributed by atoms with van der Waals surface area (Å²) >= 11 is 6.11. The van der Waals surface area contributed by atoms with E-state index in [2.05, 4.69) is 5.32 Å². The average Bonchev–Trinajstić information content (AvgIpc) is 2.49. The third-order valence-electron chi connectivity index (χ3n) is 3.10. The van der Waals surface area contributed by atoms with Crippen LogP contribution in [0.25, 0.3) is 0 Å². The van der Waals surface area contributed by atoms with E-state index in [1.54, 1.807) is 25.3 Å². The van der Waals surface area contributed by atoms with Crippen LogP contribution in [0.1, 0.15) is 22.8 Å². The molecule has 0 saturated carbocycles. The van der Waals surface area contributed by atoms with Gasteiger partial charge < -0.3 is 14.8 Å². The van der Waals surface area contributed by atoms with E-state index >= 15 is 0 Å². The molecule has 0 fully saturated rings. The summed E-state index contributed by atoms with van der Waals surface area (Å²) < 4.78 is 10.6. The molecule has 0 aliphatic heterocycles. The van der Waals surface area contributed by atoms with Gasteiger partial charge in [-0.15, -0.1) is 0 Å². The normalized spacial score (nSPS) is 10.2. The predicted molar refractivity (Wildman–Crippen MR) is 88.3 cm³/mol. The Morgan fingerprint density at radius 2 is 1.91 bits per heavy atom. The summed E-state index contributed by atoms with van der Waals surface area (Å²) in [7, 11) is 1.56. The van der Waals surface area contributed by atoms with Crippen molar-refractivity contribution in [1.82, 2.24) is 0 Å². The summed E-state index contributed by atoms with van der Waals surface area (Å²) in [5, 5.41) is 3.24. The Hall–Kier alpha value is -2.20. The van der Waals surface area contributed by atoms with Gasteiger partial charge >= 0.3 is 0 Å². The van der Waals surface area contributed by atoms with Crippen LogP contribution < -0.4 is 14.8 Å². The number of ether oxygens (including phenoxy) is 2. The van der Waals surface area contributed by atoms with Gasteiger partial charge in [0.25, 0.3) is 5.91 Å². The van der Waals surface area contributed by atoms with E-state index in [4.69, 9.17) is 21.1 Å². The standard InChI is InChI=1S/C17H18ClNO3/c1-4-22-15-8-6-12(10-13(15)18)17(20)19-14-9-11(2)5-7-16(14)21-3/h5-10H,4H2,1-3H3,(H,19,20). The second-order valence-electron chi connectivity index (χ2n) is 4.74. The highest BCUT2D eigenvalue weighted by molar-refractivity contribution is 6.32. The first kappa shape index (κ1) is 16.2. The highest BCUT2D eigenvalue weighted by Crippen LogP contribution is 2.28. The molecule has 4 nitrogen and oxygen atoms in total. The second-order valence-corrected chi connectivity index (χ2v) is 5.14. The Labute approximate surface area is 135 Å². The predicted octanol–water partition coefficient (Wildman–Crippen LogP) is 4.31. The molecule has 0 bridgehead atoms. The molecule has 0 aliphatic rings. The van der Waals surface area contributed by atoms with Crippen LogP contribution in [0.3, 0.4) is 0 Å². The Bertz CT molecular complexity index is 686. The van der Waals surface area contributed by atoms with Crippen LogP contribution in [0.15, 0.2) is 36.4 Å². The topological polar surface area (TPSA) is 47.6 Å². The molecule has 116 valence electrons. The van der Waals surface area contributed by atoms with Gasteiger partial charge in [0.05, 0.1) is 24.4 Å². The summed E-state index contributed by atoms with van der Waals surface area (Å²) in [6.45, 7) is 4.34. The average molecular weight is 320 g/mol. The van der Waals surface area contributed by atoms with E-state index in [-0.39, 0.29) is 5.91 Å². The third-order valence-corrected chi connectivity index (χ3v) is 3.39. The van der Waals surface area contributed by atoms with Gasteiger partial charge in [-0.25, -0.2) is 0 Å². The molecule has 0 saturated heterocycles. The molecule has 0 atom stereocenters. The SMILES string of the molecule is CCOc1ccc(C(=O)Nc2cc(C)ccc2OC)cc1Cl. The van der Waals surface area contributed by atoms with Gasteiger partial charge in [-0.2, -0.15) is 0 Å². The zero-order valence-electron chi connectivity index (χ0n) is 12.8. The van der Waals surface area contributed by atoms with E-state index < -0.39 is 0 Å². The van der Waals surface area contributed by atoms with Crippen LogP contribution in [0.2, 0.25) is 5.02 Å². The number of hydrogen-bond donors (Lipinski definition) is 1. The molecule has 2 aromatic carbocycles. The smallest absolute Gasteiger partial charge is 0.255 e. The molecular weight excluding hydrogens is 302 g/mol. The molecule has 0 radical (unpaired) electrons. The van der Waals surface area contributed by atoms with Crippen molar-refractivity contribution in [3.05, 3.63) is 52.5 Å². The molecule has 2 rings (SSSR count). The lowest BCUT2D eigenvalue weighted by molar-refractivity contribution is 0.102. The summed E-state index contributed by atoms with van der Waals surface area (Å²) in [4.78, 5) is 12.3. The number of benzene rings is 2. The number of carbonyl (C=O) groups excluding carboxylic acids is 1. The van der Waals surface area contributed by atoms with E-state index in [0.717, 1.165) is 5.56 Å². The van der Waals surface area contributed by atoms with Gasteiger partial charge in [0.15, 0.2) is 0 Å². The summed E-state index contributed by atoms with van der Waals surface area (Å²) in [6, 6.07) is 10.5. The molecule has 1 amide bonds. The maximum Gasteiger partial charge on any atom is 0.255 e. The van der Waals surface area contributed by atoms with Crippen molar-refractivity contribution in [2.45, 2.75) is 13.8 Å². The zero-order valence-corrected chi connectivity index (χ0v) is 13.5. The highest BCUT2D eigenvalue weighted by atomic mass is 35.5. The van der Waals surface area contributed by atoms with Crippen LogP contribution in [0.5, 0.6) is 11.5 Å². The number of halogens is 1. The Morgan fingerprint density at radius 1 is 1.18 bits per heavy atom. The third kappa shape index (κ3) is 3.71. The first-order valence-corrected chi connectivity index (χ1v) is 7.31. The van der Waals surface area contributed by atoms with Crippen LogP contribution in [0.4, 0.5) is 5.69 Å². The minimum Gasteiger partial charge on any atom is -0.495 e. The van der Waals surface area contributed by atoms with E-state index in [1.165, 1.54) is 0 Å². The number of methoxy groups -OCH3 is 1. The van der Waals surface area contributed by atoms with Gasteiger partial charge in [0, 0.05) is 5.56 Å². The lowest BCUT2D eigenvalue weighted by Crippen LogP contribution is -2.13. The van der Waals surface area contributed by atoms with Crippen molar-refractivity contribution < 1.29 is 14.3 Å². The molecule has 0 unspecified atom stereocenters. The lowest BCUT2D eigenvalue weighted by atomic mass is 10.1. The van der Waals surface area contributed by atoms with Crippen molar-refractivity contribution in [3.63, 3.8) is 0 Å². The minimum absolute atomic E-state index is 0.256. The highest BCUT2D eigenvalue weighted by Gasteiger charge is 2.12. The quantitative estimate of drug-likeness (QED) is 0.893. The van der Waals surface area contributed by atoms with Crippen molar-refractivity contribution in [2.75, 3.05) is 19.0 Å². The van der Waals surface area contributed by atoms with Gasteiger partial charge in [-0.1, -0.05) is 17.7 Å². The van der Waals surface area contributed by atoms with Crippen molar-refractivity contribution in [3.8, 4) is 11.5 Å². The molecule has 0 aliphatic carbocycles. The fourth-order valence-electron chi connectivity index (χ4n) is 2.03. The zero-order chi connectivity index (χ0) is 16.1. The summed E-state index contributed by atoms with van der Waals surface area (Å²) in [6.07, 6.45) is 0. The fraction of sp³-hybridized carbons (Fsp3) is 0.235. The fourth-order valence-corrected chi connectivity index (χ4v) is 2.26. The van der Waals surface area contributed by atoms with Crippen LogP contribution in [-0.4, -0.2) is 19.6 Å². The van der Waals surface area contributed by atoms with Gasteiger partial charge in [0.1, 0.15) is 11.5 Å². The Kier molecular flexibility index (Phi) is 5.28. The van der Waals surface area contributed by atoms with Crippen molar-refractivity contribution in [2.24, 2.45) is 0 Å². The minimum atomic E-state index is -0.256. The number of carbonyl (C=O) groups is 1. The van der Waals surface area contributed by atoms with Gasteiger partial charge in [-0.05, 0) is 49.7 Å². The lowest BCUT2D eigenvalue weighted by Gasteiger charge is -2.12. The monoisotopic (exact) mass is 319 g/mol. The van der Waals surface area contributed by atoms with Crippen LogP contribution >= 0.6 is 11.6 Å². The largest absolute Gasteiger partial charge is 0.495 e. The summed E-state index contributed by atoms with van der Waals surface area (Å²) in [5.41, 5.74) is 2.11. The van der Waals surface area contributed by atoms with Crippen LogP contribution in [-0.2, 0) is 0 Å². The maximum atomic E-state index is 12.3. The first-order chi connectivity index (χ1) is 10.5. The van der Waals surface area contributed by atoms with E-state index in [1.807, 2.05) is 32.0 Å². The van der Waals surface area contributed by atoms with Gasteiger partial charge in [0.2, 0.25) is 0 Å². The van der Waals surface area contributed by atoms with Crippen molar-refractivity contribution in [1.29, 1.82) is 0 Å². The number of nitrogens with one attached hydrogen (secondary N) is 1. The number of amides is 1. The van der Waals surface area contributed by atoms with Crippen molar-refractivity contribution >= 4 is 23.2 Å². The number of aryl methyl sites for hydroxylation is 1. The van der Waals surface area contributed by atoms with Crippen LogP contribution in [0, 0.1) is 6.92 Å². The molecular formula is C17H18ClNO3. The molecule has 0 aromatic heterocycles. The number of rotatable bonds is 5. The number of hydrogen-bond acceptors (Lipinski definition) is 3. The Morgan fingerprint density at radius 3 is 2.55 bits per heavy atom.